The van der Waals surface area contributed by atoms with Crippen LogP contribution >= 0.6 is 0 Å². The third kappa shape index (κ3) is 6.11. The second-order valence-corrected chi connectivity index (χ2v) is 9.10. The molecule has 0 saturated carbocycles. The van der Waals surface area contributed by atoms with Crippen molar-refractivity contribution in [2.45, 2.75) is 59.1 Å². The number of carbonyl (C=O) groups excluding carboxylic acids is 2. The van der Waals surface area contributed by atoms with Crippen molar-refractivity contribution in [1.29, 1.82) is 0 Å². The van der Waals surface area contributed by atoms with Crippen molar-refractivity contribution in [3.63, 3.8) is 0 Å². The van der Waals surface area contributed by atoms with E-state index >= 15 is 0 Å². The number of benzene rings is 2. The van der Waals surface area contributed by atoms with Crippen LogP contribution in [0.4, 0.5) is 10.1 Å². The van der Waals surface area contributed by atoms with E-state index in [-0.39, 0.29) is 29.9 Å². The number of hydrogen-bond acceptors (Lipinski definition) is 5. The fourth-order valence-electron chi connectivity index (χ4n) is 4.48. The number of aromatic nitrogens is 1. The van der Waals surface area contributed by atoms with Crippen LogP contribution in [0.2, 0.25) is 0 Å². The summed E-state index contributed by atoms with van der Waals surface area (Å²) in [6.07, 6.45) is 4.92. The maximum Gasteiger partial charge on any atom is 0.276 e. The molecule has 0 atom stereocenters. The van der Waals surface area contributed by atoms with Crippen LogP contribution in [0, 0.1) is 12.7 Å². The van der Waals surface area contributed by atoms with E-state index in [2.05, 4.69) is 5.16 Å². The summed E-state index contributed by atoms with van der Waals surface area (Å²) >= 11 is 0. The Labute approximate surface area is 210 Å². The van der Waals surface area contributed by atoms with Gasteiger partial charge in [-0.3, -0.25) is 9.59 Å². The lowest BCUT2D eigenvalue weighted by molar-refractivity contribution is -0.116. The van der Waals surface area contributed by atoms with E-state index in [4.69, 9.17) is 9.26 Å². The number of carbonyl (C=O) groups is 2. The molecular weight excluding hydrogens is 461 g/mol. The van der Waals surface area contributed by atoms with Gasteiger partial charge < -0.3 is 19.1 Å². The molecule has 0 unspecified atom stereocenters. The highest BCUT2D eigenvalue weighted by molar-refractivity contribution is 5.94. The average molecular weight is 494 g/mol. The first-order chi connectivity index (χ1) is 17.4. The maximum absolute atomic E-state index is 13.7. The normalized spacial score (nSPS) is 15.0. The minimum absolute atomic E-state index is 0.00950. The highest BCUT2D eigenvalue weighted by Gasteiger charge is 2.27. The van der Waals surface area contributed by atoms with Crippen LogP contribution in [0.3, 0.4) is 0 Å². The number of ether oxygens (including phenoxy) is 1. The molecule has 1 aromatic heterocycles. The lowest BCUT2D eigenvalue weighted by atomic mass is 10.1. The SMILES string of the molecule is CC(=O)N1CCCCCCCN(C(=O)c2noc(C)c2COc2ccc(F)cc2)Cc2ccccc21. The van der Waals surface area contributed by atoms with Crippen molar-refractivity contribution in [1.82, 2.24) is 10.1 Å². The van der Waals surface area contributed by atoms with E-state index in [0.717, 1.165) is 43.4 Å². The molecule has 1 aliphatic heterocycles. The molecule has 1 aliphatic rings. The first kappa shape index (κ1) is 25.4. The van der Waals surface area contributed by atoms with Gasteiger partial charge in [-0.15, -0.1) is 0 Å². The van der Waals surface area contributed by atoms with E-state index in [0.29, 0.717) is 36.7 Å². The number of fused-ring (bicyclic) bond motifs is 1. The number of nitrogens with zero attached hydrogens (tertiary/aromatic N) is 3. The van der Waals surface area contributed by atoms with Crippen LogP contribution in [0.25, 0.3) is 0 Å². The van der Waals surface area contributed by atoms with Crippen LogP contribution < -0.4 is 9.64 Å². The van der Waals surface area contributed by atoms with Gasteiger partial charge in [0.2, 0.25) is 5.91 Å². The van der Waals surface area contributed by atoms with E-state index < -0.39 is 0 Å². The van der Waals surface area contributed by atoms with Crippen LogP contribution in [-0.4, -0.2) is 35.0 Å². The molecule has 36 heavy (non-hydrogen) atoms. The summed E-state index contributed by atoms with van der Waals surface area (Å²) in [5.74, 6) is 0.381. The highest BCUT2D eigenvalue weighted by atomic mass is 19.1. The van der Waals surface area contributed by atoms with Gasteiger partial charge in [0.05, 0.1) is 5.56 Å². The van der Waals surface area contributed by atoms with E-state index in [1.165, 1.54) is 24.3 Å². The summed E-state index contributed by atoms with van der Waals surface area (Å²) in [5, 5.41) is 4.08. The predicted octanol–water partition coefficient (Wildman–Crippen LogP) is 5.66. The molecule has 2 aromatic carbocycles. The molecule has 2 amide bonds. The molecule has 7 nitrogen and oxygen atoms in total. The molecule has 0 fully saturated rings. The Kier molecular flexibility index (Phi) is 8.36. The highest BCUT2D eigenvalue weighted by Crippen LogP contribution is 2.26. The summed E-state index contributed by atoms with van der Waals surface area (Å²) in [4.78, 5) is 29.8. The molecule has 0 saturated heterocycles. The number of halogens is 1. The number of para-hydroxylation sites is 1. The van der Waals surface area contributed by atoms with Gasteiger partial charge in [-0.25, -0.2) is 4.39 Å². The Morgan fingerprint density at radius 1 is 1.00 bits per heavy atom. The van der Waals surface area contributed by atoms with Gasteiger partial charge in [0.15, 0.2) is 5.69 Å². The number of rotatable bonds is 4. The molecule has 0 bridgehead atoms. The zero-order valence-electron chi connectivity index (χ0n) is 20.8. The van der Waals surface area contributed by atoms with Crippen molar-refractivity contribution < 1.29 is 23.2 Å². The lowest BCUT2D eigenvalue weighted by Crippen LogP contribution is -2.35. The quantitative estimate of drug-likeness (QED) is 0.469. The van der Waals surface area contributed by atoms with Crippen molar-refractivity contribution in [3.8, 4) is 5.75 Å². The van der Waals surface area contributed by atoms with E-state index in [9.17, 15) is 14.0 Å². The number of anilines is 1. The van der Waals surface area contributed by atoms with Crippen molar-refractivity contribution >= 4 is 17.5 Å². The van der Waals surface area contributed by atoms with Gasteiger partial charge in [-0.2, -0.15) is 0 Å². The monoisotopic (exact) mass is 493 g/mol. The second kappa shape index (κ2) is 11.8. The molecule has 3 aromatic rings. The summed E-state index contributed by atoms with van der Waals surface area (Å²) in [6, 6.07) is 13.5. The third-order valence-corrected chi connectivity index (χ3v) is 6.50. The maximum atomic E-state index is 13.7. The molecule has 190 valence electrons. The van der Waals surface area contributed by atoms with Gasteiger partial charge in [-0.05, 0) is 55.7 Å². The van der Waals surface area contributed by atoms with Crippen molar-refractivity contribution in [2.75, 3.05) is 18.0 Å². The first-order valence-electron chi connectivity index (χ1n) is 12.4. The van der Waals surface area contributed by atoms with Crippen LogP contribution in [0.5, 0.6) is 5.75 Å². The zero-order valence-corrected chi connectivity index (χ0v) is 20.8. The van der Waals surface area contributed by atoms with E-state index in [1.807, 2.05) is 29.2 Å². The summed E-state index contributed by atoms with van der Waals surface area (Å²) in [7, 11) is 0. The lowest BCUT2D eigenvalue weighted by Gasteiger charge is -2.28. The first-order valence-corrected chi connectivity index (χ1v) is 12.4. The van der Waals surface area contributed by atoms with Gasteiger partial charge in [0.1, 0.15) is 23.9 Å². The van der Waals surface area contributed by atoms with Crippen molar-refractivity contribution in [2.24, 2.45) is 0 Å². The zero-order chi connectivity index (χ0) is 25.5. The standard InChI is InChI=1S/C28H32FN3O4/c1-20-25(19-35-24-14-12-23(29)13-15-24)27(30-36-20)28(34)31-16-8-4-3-5-9-17-32(21(2)33)26-11-7-6-10-22(26)18-31/h6-7,10-15H,3-5,8-9,16-19H2,1-2H3. The fourth-order valence-corrected chi connectivity index (χ4v) is 4.48. The molecule has 4 rings (SSSR count). The Balaban J connectivity index is 1.60. The second-order valence-electron chi connectivity index (χ2n) is 9.10. The average Bonchev–Trinajstić information content (AvgIpc) is 3.23. The predicted molar refractivity (Wildman–Crippen MR) is 134 cm³/mol. The Morgan fingerprint density at radius 3 is 2.44 bits per heavy atom. The molecule has 2 heterocycles. The summed E-state index contributed by atoms with van der Waals surface area (Å²) in [6.45, 7) is 4.97. The smallest absolute Gasteiger partial charge is 0.276 e. The fraction of sp³-hybridized carbons (Fsp3) is 0.393. The third-order valence-electron chi connectivity index (χ3n) is 6.50. The number of aryl methyl sites for hydroxylation is 1. The van der Waals surface area contributed by atoms with E-state index in [1.54, 1.807) is 18.7 Å². The van der Waals surface area contributed by atoms with Gasteiger partial charge in [0, 0.05) is 32.2 Å². The minimum atomic E-state index is -0.349. The molecule has 8 heteroatoms. The number of hydrogen-bond donors (Lipinski definition) is 0. The van der Waals surface area contributed by atoms with Crippen LogP contribution in [-0.2, 0) is 17.9 Å². The van der Waals surface area contributed by atoms with Gasteiger partial charge in [0.25, 0.3) is 5.91 Å². The molecule has 0 radical (unpaired) electrons. The molecular formula is C28H32FN3O4. The summed E-state index contributed by atoms with van der Waals surface area (Å²) < 4.78 is 24.4. The van der Waals surface area contributed by atoms with Crippen LogP contribution in [0.1, 0.15) is 66.4 Å². The summed E-state index contributed by atoms with van der Waals surface area (Å²) in [5.41, 5.74) is 2.52. The Morgan fingerprint density at radius 2 is 1.69 bits per heavy atom. The van der Waals surface area contributed by atoms with Crippen molar-refractivity contribution in [3.05, 3.63) is 76.9 Å². The van der Waals surface area contributed by atoms with Gasteiger partial charge >= 0.3 is 0 Å². The van der Waals surface area contributed by atoms with Crippen LogP contribution in [0.15, 0.2) is 53.1 Å². The topological polar surface area (TPSA) is 75.9 Å². The molecule has 0 aliphatic carbocycles. The van der Waals surface area contributed by atoms with Gasteiger partial charge in [-0.1, -0.05) is 42.6 Å². The minimum Gasteiger partial charge on any atom is -0.489 e. The Bertz CT molecular complexity index is 1190. The molecule has 0 spiro atoms. The Hall–Kier alpha value is -3.68. The largest absolute Gasteiger partial charge is 0.489 e. The number of amides is 2. The molecule has 0 N–H and O–H groups in total.